The Morgan fingerprint density at radius 1 is 1.30 bits per heavy atom. The van der Waals surface area contributed by atoms with Gasteiger partial charge in [-0.15, -0.1) is 0 Å². The number of nitriles is 1. The molecule has 0 amide bonds. The van der Waals surface area contributed by atoms with Crippen molar-refractivity contribution < 1.29 is 8.95 Å². The van der Waals surface area contributed by atoms with Crippen LogP contribution in [0, 0.1) is 11.3 Å². The van der Waals surface area contributed by atoms with E-state index in [9.17, 15) is 4.21 Å². The molecule has 3 nitrogen and oxygen atoms in total. The van der Waals surface area contributed by atoms with Gasteiger partial charge in [-0.2, -0.15) is 5.26 Å². The van der Waals surface area contributed by atoms with Gasteiger partial charge in [-0.25, -0.2) is 0 Å². The molecule has 2 aromatic rings. The number of ether oxygens (including phenoxy) is 1. The van der Waals surface area contributed by atoms with Crippen LogP contribution in [0.5, 0.6) is 5.75 Å². The van der Waals surface area contributed by atoms with E-state index in [0.717, 1.165) is 14.9 Å². The van der Waals surface area contributed by atoms with Crippen molar-refractivity contribution in [3.63, 3.8) is 0 Å². The summed E-state index contributed by atoms with van der Waals surface area (Å²) in [5, 5.41) is 8.95. The summed E-state index contributed by atoms with van der Waals surface area (Å²) >= 11 is 3.40. The number of hydrogen-bond acceptors (Lipinski definition) is 3. The van der Waals surface area contributed by atoms with Gasteiger partial charge in [-0.1, -0.05) is 12.1 Å². The molecular weight excluding hydrogens is 338 g/mol. The minimum Gasteiger partial charge on any atom is -0.496 e. The summed E-state index contributed by atoms with van der Waals surface area (Å²) < 4.78 is 18.5. The molecule has 0 aliphatic heterocycles. The summed E-state index contributed by atoms with van der Waals surface area (Å²) in [7, 11) is 0.357. The van der Waals surface area contributed by atoms with Crippen LogP contribution in [0.25, 0.3) is 0 Å². The fourth-order valence-corrected chi connectivity index (χ4v) is 3.82. The molecule has 0 aliphatic rings. The Kier molecular flexibility index (Phi) is 4.94. The third-order valence-electron chi connectivity index (χ3n) is 2.78. The molecule has 0 N–H and O–H groups in total. The number of methoxy groups -OCH3 is 1. The Morgan fingerprint density at radius 2 is 2.05 bits per heavy atom. The van der Waals surface area contributed by atoms with Gasteiger partial charge >= 0.3 is 0 Å². The molecule has 0 bridgehead atoms. The molecule has 0 heterocycles. The molecular formula is C15H12BrNO2S. The van der Waals surface area contributed by atoms with Crippen LogP contribution < -0.4 is 4.74 Å². The normalized spacial score (nSPS) is 11.7. The van der Waals surface area contributed by atoms with Gasteiger partial charge in [0.25, 0.3) is 0 Å². The number of nitrogens with zero attached hydrogens (tertiary/aromatic N) is 1. The van der Waals surface area contributed by atoms with E-state index < -0.39 is 10.8 Å². The molecule has 0 saturated carbocycles. The molecule has 102 valence electrons. The lowest BCUT2D eigenvalue weighted by Gasteiger charge is -2.09. The van der Waals surface area contributed by atoms with E-state index in [4.69, 9.17) is 10.00 Å². The zero-order valence-electron chi connectivity index (χ0n) is 10.8. The van der Waals surface area contributed by atoms with E-state index in [0.29, 0.717) is 17.1 Å². The third kappa shape index (κ3) is 3.27. The van der Waals surface area contributed by atoms with E-state index in [-0.39, 0.29) is 0 Å². The van der Waals surface area contributed by atoms with Crippen molar-refractivity contribution in [2.24, 2.45) is 0 Å². The van der Waals surface area contributed by atoms with E-state index in [1.165, 1.54) is 0 Å². The number of halogens is 1. The quantitative estimate of drug-likeness (QED) is 0.846. The van der Waals surface area contributed by atoms with Crippen LogP contribution in [0.15, 0.2) is 51.8 Å². The first-order valence-corrected chi connectivity index (χ1v) is 7.97. The maximum Gasteiger partial charge on any atom is 0.123 e. The molecule has 20 heavy (non-hydrogen) atoms. The summed E-state index contributed by atoms with van der Waals surface area (Å²) in [6, 6.07) is 14.6. The SMILES string of the molecule is COc1ccc(C#N)cc1CS(=O)c1ccccc1Br. The molecule has 0 radical (unpaired) electrons. The zero-order valence-corrected chi connectivity index (χ0v) is 13.2. The van der Waals surface area contributed by atoms with Crippen molar-refractivity contribution in [2.45, 2.75) is 10.6 Å². The van der Waals surface area contributed by atoms with Crippen LogP contribution in [0.2, 0.25) is 0 Å². The van der Waals surface area contributed by atoms with Gasteiger partial charge in [0.2, 0.25) is 0 Å². The molecule has 5 heteroatoms. The van der Waals surface area contributed by atoms with Crippen LogP contribution in [0.1, 0.15) is 11.1 Å². The molecule has 0 aromatic heterocycles. The highest BCUT2D eigenvalue weighted by atomic mass is 79.9. The highest BCUT2D eigenvalue weighted by Crippen LogP contribution is 2.26. The second-order valence-corrected chi connectivity index (χ2v) is 6.33. The maximum absolute atomic E-state index is 12.4. The molecule has 0 fully saturated rings. The number of hydrogen-bond donors (Lipinski definition) is 0. The number of rotatable bonds is 4. The second kappa shape index (κ2) is 6.69. The van der Waals surface area contributed by atoms with E-state index in [1.54, 1.807) is 25.3 Å². The fraction of sp³-hybridized carbons (Fsp3) is 0.133. The van der Waals surface area contributed by atoms with Crippen molar-refractivity contribution in [3.05, 3.63) is 58.1 Å². The maximum atomic E-state index is 12.4. The Bertz CT molecular complexity index is 695. The summed E-state index contributed by atoms with van der Waals surface area (Å²) in [6.07, 6.45) is 0. The molecule has 2 rings (SSSR count). The smallest absolute Gasteiger partial charge is 0.123 e. The number of benzene rings is 2. The van der Waals surface area contributed by atoms with Crippen LogP contribution >= 0.6 is 15.9 Å². The molecule has 1 unspecified atom stereocenters. The second-order valence-electron chi connectivity index (χ2n) is 4.06. The highest BCUT2D eigenvalue weighted by Gasteiger charge is 2.12. The average molecular weight is 350 g/mol. The molecule has 1 atom stereocenters. The summed E-state index contributed by atoms with van der Waals surface area (Å²) in [6.45, 7) is 0. The van der Waals surface area contributed by atoms with Gasteiger partial charge in [-0.05, 0) is 46.3 Å². The summed E-state index contributed by atoms with van der Waals surface area (Å²) in [5.74, 6) is 0.950. The Hall–Kier alpha value is -1.64. The Balaban J connectivity index is 2.32. The molecule has 2 aromatic carbocycles. The van der Waals surface area contributed by atoms with E-state index in [2.05, 4.69) is 22.0 Å². The molecule has 0 spiro atoms. The third-order valence-corrected chi connectivity index (χ3v) is 5.15. The standard InChI is InChI=1S/C15H12BrNO2S/c1-19-14-7-6-11(9-17)8-12(14)10-20(18)15-5-3-2-4-13(15)16/h2-8H,10H2,1H3. The molecule has 0 aliphatic carbocycles. The first kappa shape index (κ1) is 14.8. The van der Waals surface area contributed by atoms with Crippen LogP contribution in [-0.2, 0) is 16.6 Å². The first-order chi connectivity index (χ1) is 9.65. The highest BCUT2D eigenvalue weighted by molar-refractivity contribution is 9.10. The van der Waals surface area contributed by atoms with Gasteiger partial charge in [0.1, 0.15) is 5.75 Å². The lowest BCUT2D eigenvalue weighted by Crippen LogP contribution is -2.00. The van der Waals surface area contributed by atoms with Gasteiger partial charge in [-0.3, -0.25) is 4.21 Å². The van der Waals surface area contributed by atoms with Crippen LogP contribution in [0.4, 0.5) is 0 Å². The van der Waals surface area contributed by atoms with Crippen molar-refractivity contribution in [1.29, 1.82) is 5.26 Å². The summed E-state index contributed by atoms with van der Waals surface area (Å²) in [4.78, 5) is 0.733. The van der Waals surface area contributed by atoms with Crippen LogP contribution in [-0.4, -0.2) is 11.3 Å². The predicted octanol–water partition coefficient (Wildman–Crippen LogP) is 3.64. The lowest BCUT2D eigenvalue weighted by molar-refractivity contribution is 0.411. The van der Waals surface area contributed by atoms with Gasteiger partial charge in [0.05, 0.1) is 40.2 Å². The largest absolute Gasteiger partial charge is 0.496 e. The van der Waals surface area contributed by atoms with Crippen LogP contribution in [0.3, 0.4) is 0 Å². The van der Waals surface area contributed by atoms with Crippen molar-refractivity contribution in [2.75, 3.05) is 7.11 Å². The Labute approximate surface area is 128 Å². The van der Waals surface area contributed by atoms with Gasteiger partial charge in [0.15, 0.2) is 0 Å². The van der Waals surface area contributed by atoms with E-state index >= 15 is 0 Å². The van der Waals surface area contributed by atoms with Crippen molar-refractivity contribution in [1.82, 2.24) is 0 Å². The fourth-order valence-electron chi connectivity index (χ4n) is 1.81. The lowest BCUT2D eigenvalue weighted by atomic mass is 10.1. The minimum atomic E-state index is -1.20. The minimum absolute atomic E-state index is 0.307. The summed E-state index contributed by atoms with van der Waals surface area (Å²) in [5.41, 5.74) is 1.30. The van der Waals surface area contributed by atoms with E-state index in [1.807, 2.05) is 24.3 Å². The topological polar surface area (TPSA) is 50.1 Å². The van der Waals surface area contributed by atoms with Gasteiger partial charge in [0, 0.05) is 10.0 Å². The predicted molar refractivity (Wildman–Crippen MR) is 82.0 cm³/mol. The first-order valence-electron chi connectivity index (χ1n) is 5.85. The monoisotopic (exact) mass is 349 g/mol. The van der Waals surface area contributed by atoms with Crippen molar-refractivity contribution >= 4 is 26.7 Å². The zero-order chi connectivity index (χ0) is 14.5. The molecule has 0 saturated heterocycles. The Morgan fingerprint density at radius 3 is 2.70 bits per heavy atom. The van der Waals surface area contributed by atoms with Crippen molar-refractivity contribution in [3.8, 4) is 11.8 Å². The average Bonchev–Trinajstić information content (AvgIpc) is 2.47. The van der Waals surface area contributed by atoms with Gasteiger partial charge < -0.3 is 4.74 Å².